The molecule has 1 aromatic carbocycles. The number of benzene rings is 1. The van der Waals surface area contributed by atoms with Crippen molar-refractivity contribution in [3.05, 3.63) is 52.2 Å². The molecule has 3 N–H and O–H groups in total. The van der Waals surface area contributed by atoms with Gasteiger partial charge in [0.25, 0.3) is 0 Å². The highest BCUT2D eigenvalue weighted by Gasteiger charge is 2.30. The summed E-state index contributed by atoms with van der Waals surface area (Å²) < 4.78 is 43.3. The molecule has 2 aromatic rings. The molecule has 0 fully saturated rings. The van der Waals surface area contributed by atoms with E-state index in [9.17, 15) is 18.3 Å². The largest absolute Gasteiger partial charge is 0.491 e. The van der Waals surface area contributed by atoms with Crippen LogP contribution < -0.4 is 15.4 Å². The van der Waals surface area contributed by atoms with E-state index in [1.54, 1.807) is 11.3 Å². The Labute approximate surface area is 183 Å². The van der Waals surface area contributed by atoms with Crippen molar-refractivity contribution >= 4 is 41.3 Å². The number of rotatable bonds is 8. The van der Waals surface area contributed by atoms with E-state index in [2.05, 4.69) is 15.6 Å². The van der Waals surface area contributed by atoms with Crippen LogP contribution in [0.4, 0.5) is 13.2 Å². The maximum atomic E-state index is 12.7. The molecule has 1 heterocycles. The Morgan fingerprint density at radius 3 is 2.71 bits per heavy atom. The Morgan fingerprint density at radius 2 is 2.07 bits per heavy atom. The SMILES string of the molecule is CCNC(=NCc1ccsc1)NCC(O)COc1cccc(C(F)(F)F)c1.I. The highest BCUT2D eigenvalue weighted by molar-refractivity contribution is 14.0. The van der Waals surface area contributed by atoms with E-state index < -0.39 is 17.8 Å². The van der Waals surface area contributed by atoms with Gasteiger partial charge in [0.05, 0.1) is 12.1 Å². The Balaban J connectivity index is 0.00000392. The van der Waals surface area contributed by atoms with E-state index in [0.717, 1.165) is 17.7 Å². The van der Waals surface area contributed by atoms with Gasteiger partial charge in [-0.2, -0.15) is 24.5 Å². The van der Waals surface area contributed by atoms with Crippen molar-refractivity contribution in [1.29, 1.82) is 0 Å². The number of aliphatic hydroxyl groups excluding tert-OH is 1. The lowest BCUT2D eigenvalue weighted by atomic mass is 10.2. The van der Waals surface area contributed by atoms with Gasteiger partial charge in [-0.15, -0.1) is 24.0 Å². The highest BCUT2D eigenvalue weighted by Crippen LogP contribution is 2.31. The van der Waals surface area contributed by atoms with Crippen LogP contribution in [0.25, 0.3) is 0 Å². The van der Waals surface area contributed by atoms with Crippen LogP contribution >= 0.6 is 35.3 Å². The Morgan fingerprint density at radius 1 is 1.29 bits per heavy atom. The molecule has 28 heavy (non-hydrogen) atoms. The van der Waals surface area contributed by atoms with Gasteiger partial charge in [-0.05, 0) is 47.5 Å². The monoisotopic (exact) mass is 529 g/mol. The van der Waals surface area contributed by atoms with Crippen molar-refractivity contribution in [2.24, 2.45) is 4.99 Å². The van der Waals surface area contributed by atoms with Gasteiger partial charge in [0.15, 0.2) is 5.96 Å². The summed E-state index contributed by atoms with van der Waals surface area (Å²) >= 11 is 1.59. The van der Waals surface area contributed by atoms with Crippen molar-refractivity contribution in [1.82, 2.24) is 10.6 Å². The normalized spacial score (nSPS) is 12.8. The van der Waals surface area contributed by atoms with Crippen LogP contribution in [0.1, 0.15) is 18.1 Å². The lowest BCUT2D eigenvalue weighted by molar-refractivity contribution is -0.137. The zero-order valence-corrected chi connectivity index (χ0v) is 18.3. The van der Waals surface area contributed by atoms with Gasteiger partial charge in [-0.25, -0.2) is 4.99 Å². The first-order valence-corrected chi connectivity index (χ1v) is 9.34. The van der Waals surface area contributed by atoms with Gasteiger partial charge in [0.1, 0.15) is 18.5 Å². The summed E-state index contributed by atoms with van der Waals surface area (Å²) in [4.78, 5) is 4.41. The molecule has 2 rings (SSSR count). The highest BCUT2D eigenvalue weighted by atomic mass is 127. The second-order valence-corrected chi connectivity index (χ2v) is 6.48. The van der Waals surface area contributed by atoms with Crippen molar-refractivity contribution in [2.75, 3.05) is 19.7 Å². The average Bonchev–Trinajstić information content (AvgIpc) is 3.15. The maximum absolute atomic E-state index is 12.7. The number of hydrogen-bond acceptors (Lipinski definition) is 4. The quantitative estimate of drug-likeness (QED) is 0.276. The van der Waals surface area contributed by atoms with Crippen LogP contribution in [0.2, 0.25) is 0 Å². The van der Waals surface area contributed by atoms with Gasteiger partial charge in [-0.3, -0.25) is 0 Å². The number of hydrogen-bond donors (Lipinski definition) is 3. The summed E-state index contributed by atoms with van der Waals surface area (Å²) in [7, 11) is 0. The van der Waals surface area contributed by atoms with E-state index in [-0.39, 0.29) is 42.9 Å². The number of guanidine groups is 1. The molecule has 156 valence electrons. The number of ether oxygens (including phenoxy) is 1. The van der Waals surface area contributed by atoms with Crippen LogP contribution in [0.3, 0.4) is 0 Å². The fourth-order valence-electron chi connectivity index (χ4n) is 2.12. The van der Waals surface area contributed by atoms with Gasteiger partial charge in [0.2, 0.25) is 0 Å². The Hall–Kier alpha value is -1.53. The molecule has 1 atom stereocenters. The molecular formula is C18H23F3IN3O2S. The molecular weight excluding hydrogens is 506 g/mol. The summed E-state index contributed by atoms with van der Waals surface area (Å²) in [5.74, 6) is 0.601. The zero-order valence-electron chi connectivity index (χ0n) is 15.2. The second kappa shape index (κ2) is 12.1. The Bertz CT molecular complexity index is 727. The molecule has 0 saturated heterocycles. The van der Waals surface area contributed by atoms with Crippen LogP contribution in [-0.2, 0) is 12.7 Å². The minimum absolute atomic E-state index is 0. The van der Waals surface area contributed by atoms with Crippen molar-refractivity contribution in [3.8, 4) is 5.75 Å². The molecule has 10 heteroatoms. The third kappa shape index (κ3) is 8.65. The molecule has 0 aliphatic carbocycles. The van der Waals surface area contributed by atoms with Crippen molar-refractivity contribution < 1.29 is 23.0 Å². The minimum Gasteiger partial charge on any atom is -0.491 e. The first kappa shape index (κ1) is 24.5. The molecule has 0 aliphatic rings. The van der Waals surface area contributed by atoms with Crippen LogP contribution in [0.5, 0.6) is 5.75 Å². The number of nitrogens with zero attached hydrogens (tertiary/aromatic N) is 1. The molecule has 5 nitrogen and oxygen atoms in total. The fourth-order valence-corrected chi connectivity index (χ4v) is 2.78. The van der Waals surface area contributed by atoms with Gasteiger partial charge in [0, 0.05) is 13.1 Å². The predicted octanol–water partition coefficient (Wildman–Crippen LogP) is 3.88. The molecule has 0 amide bonds. The lowest BCUT2D eigenvalue weighted by Crippen LogP contribution is -2.42. The van der Waals surface area contributed by atoms with Crippen LogP contribution in [-0.4, -0.2) is 36.9 Å². The second-order valence-electron chi connectivity index (χ2n) is 5.70. The molecule has 0 spiro atoms. The molecule has 0 saturated carbocycles. The standard InChI is InChI=1S/C18H22F3N3O2S.HI/c1-2-22-17(23-9-13-6-7-27-12-13)24-10-15(25)11-26-16-5-3-4-14(8-16)18(19,20)21;/h3-8,12,15,25H,2,9-11H2,1H3,(H2,22,23,24);1H. The first-order valence-electron chi connectivity index (χ1n) is 8.40. The molecule has 0 radical (unpaired) electrons. The number of thiophene rings is 1. The van der Waals surface area contributed by atoms with Gasteiger partial charge < -0.3 is 20.5 Å². The van der Waals surface area contributed by atoms with Crippen LogP contribution in [0.15, 0.2) is 46.1 Å². The summed E-state index contributed by atoms with van der Waals surface area (Å²) in [6, 6.07) is 6.55. The van der Waals surface area contributed by atoms with Crippen molar-refractivity contribution in [2.45, 2.75) is 25.7 Å². The number of halogens is 4. The topological polar surface area (TPSA) is 65.9 Å². The third-order valence-electron chi connectivity index (χ3n) is 3.45. The van der Waals surface area contributed by atoms with Crippen molar-refractivity contribution in [3.63, 3.8) is 0 Å². The third-order valence-corrected chi connectivity index (χ3v) is 4.18. The van der Waals surface area contributed by atoms with Gasteiger partial charge >= 0.3 is 6.18 Å². The number of aliphatic imine (C=N–C) groups is 1. The van der Waals surface area contributed by atoms with E-state index in [4.69, 9.17) is 4.74 Å². The predicted molar refractivity (Wildman–Crippen MR) is 115 cm³/mol. The number of alkyl halides is 3. The molecule has 0 bridgehead atoms. The van der Waals surface area contributed by atoms with Gasteiger partial charge in [-0.1, -0.05) is 6.07 Å². The summed E-state index contributed by atoms with van der Waals surface area (Å²) in [5.41, 5.74) is 0.299. The number of nitrogens with one attached hydrogen (secondary N) is 2. The molecule has 0 aliphatic heterocycles. The fraction of sp³-hybridized carbons (Fsp3) is 0.389. The number of aliphatic hydroxyl groups is 1. The van der Waals surface area contributed by atoms with E-state index >= 15 is 0 Å². The summed E-state index contributed by atoms with van der Waals surface area (Å²) in [5, 5.41) is 20.0. The smallest absolute Gasteiger partial charge is 0.416 e. The summed E-state index contributed by atoms with van der Waals surface area (Å²) in [6.45, 7) is 3.10. The molecule has 1 unspecified atom stereocenters. The Kier molecular flexibility index (Phi) is 10.6. The van der Waals surface area contributed by atoms with E-state index in [1.807, 2.05) is 23.8 Å². The van der Waals surface area contributed by atoms with E-state index in [0.29, 0.717) is 19.0 Å². The zero-order chi connectivity index (χ0) is 19.7. The summed E-state index contributed by atoms with van der Waals surface area (Å²) in [6.07, 6.45) is -5.34. The molecule has 1 aromatic heterocycles. The average molecular weight is 529 g/mol. The van der Waals surface area contributed by atoms with Crippen LogP contribution in [0, 0.1) is 0 Å². The first-order chi connectivity index (χ1) is 12.9. The lowest BCUT2D eigenvalue weighted by Gasteiger charge is -2.16. The van der Waals surface area contributed by atoms with E-state index in [1.165, 1.54) is 12.1 Å². The maximum Gasteiger partial charge on any atom is 0.416 e. The minimum atomic E-state index is -4.43.